The van der Waals surface area contributed by atoms with Crippen molar-refractivity contribution >= 4 is 27.8 Å². The normalized spacial score (nSPS) is 11.7. The van der Waals surface area contributed by atoms with E-state index in [0.29, 0.717) is 10.0 Å². The van der Waals surface area contributed by atoms with E-state index < -0.39 is 23.8 Å². The Balaban J connectivity index is 1.92. The Morgan fingerprint density at radius 1 is 1.12 bits per heavy atom. The number of carbonyl (C=O) groups excluding carboxylic acids is 2. The highest BCUT2D eigenvalue weighted by Gasteiger charge is 2.20. The summed E-state index contributed by atoms with van der Waals surface area (Å²) in [4.78, 5) is 24.0. The molecule has 0 unspecified atom stereocenters. The van der Waals surface area contributed by atoms with Crippen LogP contribution in [0.25, 0.3) is 0 Å². The minimum atomic E-state index is -1.06. The van der Waals surface area contributed by atoms with Crippen LogP contribution in [0.3, 0.4) is 0 Å². The number of nitrogens with one attached hydrogen (secondary N) is 1. The van der Waals surface area contributed by atoms with Crippen molar-refractivity contribution in [3.05, 3.63) is 69.7 Å². The second-order valence-corrected chi connectivity index (χ2v) is 5.87. The lowest BCUT2D eigenvalue weighted by Crippen LogP contribution is -2.35. The van der Waals surface area contributed by atoms with Crippen LogP contribution in [0.1, 0.15) is 22.8 Å². The molecule has 0 heterocycles. The molecule has 0 aliphatic carbocycles. The van der Waals surface area contributed by atoms with Crippen molar-refractivity contribution in [3.8, 4) is 0 Å². The van der Waals surface area contributed by atoms with Gasteiger partial charge in [-0.1, -0.05) is 12.1 Å². The fourth-order valence-corrected chi connectivity index (χ4v) is 2.28. The topological polar surface area (TPSA) is 55.4 Å². The standard InChI is InChI=1S/C17H14BrF2NO3/c1-10(16(22)21-9-11-2-4-12(19)5-3-11)24-17(23)14-8-13(20)6-7-15(14)18/h2-8,10H,9H2,1H3,(H,21,22)/t10-/m0/s1. The van der Waals surface area contributed by atoms with Gasteiger partial charge in [-0.05, 0) is 58.7 Å². The van der Waals surface area contributed by atoms with Gasteiger partial charge >= 0.3 is 5.97 Å². The monoisotopic (exact) mass is 397 g/mol. The van der Waals surface area contributed by atoms with Crippen LogP contribution < -0.4 is 5.32 Å². The molecular weight excluding hydrogens is 384 g/mol. The SMILES string of the molecule is C[C@H](OC(=O)c1cc(F)ccc1Br)C(=O)NCc1ccc(F)cc1. The third kappa shape index (κ3) is 4.86. The van der Waals surface area contributed by atoms with Crippen molar-refractivity contribution < 1.29 is 23.1 Å². The maximum Gasteiger partial charge on any atom is 0.340 e. The number of amides is 1. The van der Waals surface area contributed by atoms with Crippen LogP contribution in [-0.4, -0.2) is 18.0 Å². The van der Waals surface area contributed by atoms with E-state index in [-0.39, 0.29) is 17.9 Å². The van der Waals surface area contributed by atoms with Gasteiger partial charge in [-0.15, -0.1) is 0 Å². The molecule has 0 aromatic heterocycles. The first-order valence-electron chi connectivity index (χ1n) is 7.05. The lowest BCUT2D eigenvalue weighted by atomic mass is 10.2. The molecule has 2 aromatic rings. The molecular formula is C17H14BrF2NO3. The van der Waals surface area contributed by atoms with Crippen LogP contribution in [0.5, 0.6) is 0 Å². The van der Waals surface area contributed by atoms with E-state index in [4.69, 9.17) is 4.74 Å². The first kappa shape index (κ1) is 18.1. The highest BCUT2D eigenvalue weighted by Crippen LogP contribution is 2.19. The van der Waals surface area contributed by atoms with Gasteiger partial charge in [-0.25, -0.2) is 13.6 Å². The number of rotatable bonds is 5. The summed E-state index contributed by atoms with van der Waals surface area (Å²) in [5.74, 6) is -2.28. The van der Waals surface area contributed by atoms with Crippen LogP contribution in [-0.2, 0) is 16.1 Å². The molecule has 0 radical (unpaired) electrons. The third-order valence-electron chi connectivity index (χ3n) is 3.18. The number of hydrogen-bond donors (Lipinski definition) is 1. The Morgan fingerprint density at radius 2 is 1.75 bits per heavy atom. The summed E-state index contributed by atoms with van der Waals surface area (Å²) in [5, 5.41) is 2.58. The maximum atomic E-state index is 13.2. The van der Waals surface area contributed by atoms with Gasteiger partial charge in [0.25, 0.3) is 5.91 Å². The number of benzene rings is 2. The molecule has 0 spiro atoms. The second kappa shape index (κ2) is 8.01. The smallest absolute Gasteiger partial charge is 0.340 e. The number of hydrogen-bond acceptors (Lipinski definition) is 3. The molecule has 0 bridgehead atoms. The third-order valence-corrected chi connectivity index (χ3v) is 3.87. The summed E-state index contributed by atoms with van der Waals surface area (Å²) in [6.45, 7) is 1.58. The first-order valence-corrected chi connectivity index (χ1v) is 7.84. The Morgan fingerprint density at radius 3 is 2.42 bits per heavy atom. The largest absolute Gasteiger partial charge is 0.449 e. The molecule has 2 rings (SSSR count). The molecule has 4 nitrogen and oxygen atoms in total. The van der Waals surface area contributed by atoms with Gasteiger partial charge in [-0.2, -0.15) is 0 Å². The molecule has 2 aromatic carbocycles. The fourth-order valence-electron chi connectivity index (χ4n) is 1.87. The van der Waals surface area contributed by atoms with Gasteiger partial charge in [0.15, 0.2) is 6.10 Å². The van der Waals surface area contributed by atoms with Crippen molar-refractivity contribution in [2.75, 3.05) is 0 Å². The van der Waals surface area contributed by atoms with Gasteiger partial charge in [0.05, 0.1) is 5.56 Å². The molecule has 126 valence electrons. The summed E-state index contributed by atoms with van der Waals surface area (Å²) < 4.78 is 31.4. The highest BCUT2D eigenvalue weighted by molar-refractivity contribution is 9.10. The lowest BCUT2D eigenvalue weighted by Gasteiger charge is -2.14. The van der Waals surface area contributed by atoms with Gasteiger partial charge in [0, 0.05) is 11.0 Å². The molecule has 7 heteroatoms. The maximum absolute atomic E-state index is 13.2. The van der Waals surface area contributed by atoms with Crippen molar-refractivity contribution in [2.45, 2.75) is 19.6 Å². The van der Waals surface area contributed by atoms with Gasteiger partial charge in [-0.3, -0.25) is 4.79 Å². The van der Waals surface area contributed by atoms with E-state index in [1.165, 1.54) is 43.3 Å². The van der Waals surface area contributed by atoms with Crippen LogP contribution in [0, 0.1) is 11.6 Å². The van der Waals surface area contributed by atoms with Crippen LogP contribution in [0.2, 0.25) is 0 Å². The fraction of sp³-hybridized carbons (Fsp3) is 0.176. The predicted octanol–water partition coefficient (Wildman–Crippen LogP) is 3.59. The van der Waals surface area contributed by atoms with E-state index in [2.05, 4.69) is 21.2 Å². The van der Waals surface area contributed by atoms with Crippen molar-refractivity contribution in [1.29, 1.82) is 0 Å². The summed E-state index contributed by atoms with van der Waals surface area (Å²) in [6.07, 6.45) is -1.06. The second-order valence-electron chi connectivity index (χ2n) is 5.02. The zero-order valence-electron chi connectivity index (χ0n) is 12.7. The quantitative estimate of drug-likeness (QED) is 0.784. The Bertz CT molecular complexity index is 750. The van der Waals surface area contributed by atoms with Crippen LogP contribution >= 0.6 is 15.9 Å². The van der Waals surface area contributed by atoms with Gasteiger partial charge < -0.3 is 10.1 Å². The van der Waals surface area contributed by atoms with Crippen LogP contribution in [0.15, 0.2) is 46.9 Å². The average Bonchev–Trinajstić information content (AvgIpc) is 2.56. The Labute approximate surface area is 145 Å². The number of carbonyl (C=O) groups is 2. The van der Waals surface area contributed by atoms with E-state index in [1.807, 2.05) is 0 Å². The van der Waals surface area contributed by atoms with Crippen molar-refractivity contribution in [1.82, 2.24) is 5.32 Å². The molecule has 0 aliphatic heterocycles. The summed E-state index contributed by atoms with van der Waals surface area (Å²) in [5.41, 5.74) is 0.698. The average molecular weight is 398 g/mol. The molecule has 0 saturated carbocycles. The number of ether oxygens (including phenoxy) is 1. The molecule has 1 N–H and O–H groups in total. The highest BCUT2D eigenvalue weighted by atomic mass is 79.9. The summed E-state index contributed by atoms with van der Waals surface area (Å²) in [6, 6.07) is 9.24. The van der Waals surface area contributed by atoms with E-state index in [1.54, 1.807) is 0 Å². The van der Waals surface area contributed by atoms with Crippen LogP contribution in [0.4, 0.5) is 8.78 Å². The number of esters is 1. The predicted molar refractivity (Wildman–Crippen MR) is 87.2 cm³/mol. The van der Waals surface area contributed by atoms with Crippen molar-refractivity contribution in [3.63, 3.8) is 0 Å². The molecule has 1 amide bonds. The minimum Gasteiger partial charge on any atom is -0.449 e. The molecule has 0 saturated heterocycles. The zero-order valence-corrected chi connectivity index (χ0v) is 14.3. The van der Waals surface area contributed by atoms with Gasteiger partial charge in [0.1, 0.15) is 11.6 Å². The minimum absolute atomic E-state index is 0.00631. The first-order chi connectivity index (χ1) is 11.4. The molecule has 0 fully saturated rings. The van der Waals surface area contributed by atoms with Gasteiger partial charge in [0.2, 0.25) is 0 Å². The van der Waals surface area contributed by atoms with E-state index in [9.17, 15) is 18.4 Å². The van der Waals surface area contributed by atoms with E-state index >= 15 is 0 Å². The summed E-state index contributed by atoms with van der Waals surface area (Å²) in [7, 11) is 0. The Kier molecular flexibility index (Phi) is 6.03. The number of halogens is 3. The zero-order chi connectivity index (χ0) is 17.7. The molecule has 1 atom stereocenters. The summed E-state index contributed by atoms with van der Waals surface area (Å²) >= 11 is 3.13. The van der Waals surface area contributed by atoms with Crippen molar-refractivity contribution in [2.24, 2.45) is 0 Å². The molecule has 24 heavy (non-hydrogen) atoms. The Hall–Kier alpha value is -2.28. The molecule has 0 aliphatic rings. The van der Waals surface area contributed by atoms with E-state index in [0.717, 1.165) is 6.07 Å². The lowest BCUT2D eigenvalue weighted by molar-refractivity contribution is -0.129.